The summed E-state index contributed by atoms with van der Waals surface area (Å²) in [7, 11) is 0. The van der Waals surface area contributed by atoms with Crippen LogP contribution in [0.25, 0.3) is 5.65 Å². The number of hydrogen-bond donors (Lipinski definition) is 3. The smallest absolute Gasteiger partial charge is 0.405 e. The minimum atomic E-state index is -1.25. The Bertz CT molecular complexity index is 1130. The number of carbonyl (C=O) groups is 1. The maximum absolute atomic E-state index is 14.4. The van der Waals surface area contributed by atoms with Gasteiger partial charge in [-0.1, -0.05) is 0 Å². The Hall–Kier alpha value is -3.31. The van der Waals surface area contributed by atoms with Crippen LogP contribution in [-0.4, -0.2) is 56.2 Å². The van der Waals surface area contributed by atoms with Gasteiger partial charge in [-0.3, -0.25) is 0 Å². The highest BCUT2D eigenvalue weighted by molar-refractivity contribution is 5.74. The molecule has 32 heavy (non-hydrogen) atoms. The zero-order valence-corrected chi connectivity index (χ0v) is 17.3. The molecule has 0 unspecified atom stereocenters. The van der Waals surface area contributed by atoms with Gasteiger partial charge in [-0.25, -0.2) is 23.1 Å². The van der Waals surface area contributed by atoms with Crippen LogP contribution in [0.2, 0.25) is 0 Å². The molecule has 11 heteroatoms. The van der Waals surface area contributed by atoms with Crippen molar-refractivity contribution in [2.75, 3.05) is 24.7 Å². The Labute approximate surface area is 182 Å². The van der Waals surface area contributed by atoms with E-state index in [1.54, 1.807) is 12.3 Å². The Morgan fingerprint density at radius 3 is 2.84 bits per heavy atom. The summed E-state index contributed by atoms with van der Waals surface area (Å²) in [6.07, 6.45) is 3.47. The molecule has 2 aromatic heterocycles. The van der Waals surface area contributed by atoms with Crippen LogP contribution in [0.15, 0.2) is 36.7 Å². The van der Waals surface area contributed by atoms with E-state index in [-0.39, 0.29) is 23.0 Å². The number of halogens is 2. The van der Waals surface area contributed by atoms with Crippen LogP contribution in [0.5, 0.6) is 5.75 Å². The van der Waals surface area contributed by atoms with Crippen LogP contribution in [0.3, 0.4) is 0 Å². The fraction of sp³-hybridized carbons (Fsp3) is 0.381. The van der Waals surface area contributed by atoms with E-state index >= 15 is 0 Å². The average Bonchev–Trinajstić information content (AvgIpc) is 3.42. The first-order valence-corrected chi connectivity index (χ1v) is 10.1. The van der Waals surface area contributed by atoms with E-state index in [1.807, 2.05) is 4.90 Å². The van der Waals surface area contributed by atoms with Crippen molar-refractivity contribution in [2.24, 2.45) is 0 Å². The third-order valence-corrected chi connectivity index (χ3v) is 5.49. The number of benzene rings is 1. The fourth-order valence-electron chi connectivity index (χ4n) is 3.71. The standard InChI is InChI=1S/C21H23F2N5O4/c1-21(11-29,12-30)26-20(31)32-17-10-24-28-8-6-18(25-19(17)28)27-7-2-3-16(27)14-9-13(22)4-5-15(14)23/h4-6,8-10,16,29-30H,2-3,7,11-12H2,1H3,(H,26,31)/t16-/m1/s1. The van der Waals surface area contributed by atoms with E-state index in [4.69, 9.17) is 4.74 Å². The summed E-state index contributed by atoms with van der Waals surface area (Å²) >= 11 is 0. The first kappa shape index (κ1) is 21.9. The van der Waals surface area contributed by atoms with Crippen LogP contribution in [-0.2, 0) is 0 Å². The number of ether oxygens (including phenoxy) is 1. The van der Waals surface area contributed by atoms with Crippen molar-refractivity contribution in [3.63, 3.8) is 0 Å². The van der Waals surface area contributed by atoms with Crippen LogP contribution >= 0.6 is 0 Å². The van der Waals surface area contributed by atoms with Gasteiger partial charge in [0.05, 0.1) is 31.0 Å². The maximum Gasteiger partial charge on any atom is 0.413 e. The lowest BCUT2D eigenvalue weighted by Crippen LogP contribution is -2.52. The first-order chi connectivity index (χ1) is 15.3. The van der Waals surface area contributed by atoms with Gasteiger partial charge in [-0.15, -0.1) is 0 Å². The molecule has 1 aromatic carbocycles. The fourth-order valence-corrected chi connectivity index (χ4v) is 3.71. The SMILES string of the molecule is CC(CO)(CO)NC(=O)Oc1cnn2ccc(N3CCC[C@@H]3c3cc(F)ccc3F)nc12. The summed E-state index contributed by atoms with van der Waals surface area (Å²) in [4.78, 5) is 18.6. The molecule has 3 aromatic rings. The zero-order chi connectivity index (χ0) is 22.9. The lowest BCUT2D eigenvalue weighted by molar-refractivity contribution is 0.0999. The summed E-state index contributed by atoms with van der Waals surface area (Å²) < 4.78 is 34.8. The highest BCUT2D eigenvalue weighted by atomic mass is 19.1. The van der Waals surface area contributed by atoms with Crippen molar-refractivity contribution in [3.8, 4) is 5.75 Å². The Kier molecular flexibility index (Phi) is 5.94. The van der Waals surface area contributed by atoms with Gasteiger partial charge in [-0.05, 0) is 44.0 Å². The number of aromatic nitrogens is 3. The second kappa shape index (κ2) is 8.67. The summed E-state index contributed by atoms with van der Waals surface area (Å²) in [5.74, 6) is -0.419. The summed E-state index contributed by atoms with van der Waals surface area (Å²) in [6, 6.07) is 4.72. The zero-order valence-electron chi connectivity index (χ0n) is 17.3. The quantitative estimate of drug-likeness (QED) is 0.531. The van der Waals surface area contributed by atoms with Crippen molar-refractivity contribution in [2.45, 2.75) is 31.3 Å². The second-order valence-corrected chi connectivity index (χ2v) is 7.97. The molecule has 1 atom stereocenters. The van der Waals surface area contributed by atoms with Gasteiger partial charge in [0.1, 0.15) is 17.5 Å². The second-order valence-electron chi connectivity index (χ2n) is 7.97. The maximum atomic E-state index is 14.4. The molecule has 0 saturated carbocycles. The number of anilines is 1. The highest BCUT2D eigenvalue weighted by Gasteiger charge is 2.30. The van der Waals surface area contributed by atoms with E-state index in [0.29, 0.717) is 18.8 Å². The largest absolute Gasteiger partial charge is 0.413 e. The van der Waals surface area contributed by atoms with Crippen LogP contribution in [0, 0.1) is 11.6 Å². The number of carbonyl (C=O) groups excluding carboxylic acids is 1. The third kappa shape index (κ3) is 4.21. The molecule has 3 N–H and O–H groups in total. The van der Waals surface area contributed by atoms with Crippen molar-refractivity contribution < 1.29 is 28.5 Å². The molecule has 1 aliphatic heterocycles. The van der Waals surface area contributed by atoms with Crippen molar-refractivity contribution in [1.29, 1.82) is 0 Å². The van der Waals surface area contributed by atoms with Gasteiger partial charge in [0.15, 0.2) is 5.75 Å². The summed E-state index contributed by atoms with van der Waals surface area (Å²) in [6.45, 7) is 1.09. The molecule has 1 fully saturated rings. The minimum absolute atomic E-state index is 0.0651. The Balaban J connectivity index is 1.61. The van der Waals surface area contributed by atoms with Gasteiger partial charge >= 0.3 is 6.09 Å². The van der Waals surface area contributed by atoms with Crippen molar-refractivity contribution in [1.82, 2.24) is 19.9 Å². The number of nitrogens with one attached hydrogen (secondary N) is 1. The Morgan fingerprint density at radius 2 is 2.09 bits per heavy atom. The van der Waals surface area contributed by atoms with Crippen LogP contribution in [0.1, 0.15) is 31.4 Å². The molecule has 0 bridgehead atoms. The molecule has 0 aliphatic carbocycles. The lowest BCUT2D eigenvalue weighted by atomic mass is 10.0. The van der Waals surface area contributed by atoms with Crippen molar-refractivity contribution >= 4 is 17.6 Å². The first-order valence-electron chi connectivity index (χ1n) is 10.1. The molecule has 0 radical (unpaired) electrons. The number of amides is 1. The summed E-state index contributed by atoms with van der Waals surface area (Å²) in [5, 5.41) is 25.2. The third-order valence-electron chi connectivity index (χ3n) is 5.49. The van der Waals surface area contributed by atoms with Crippen molar-refractivity contribution in [3.05, 3.63) is 53.9 Å². The molecule has 3 heterocycles. The predicted molar refractivity (Wildman–Crippen MR) is 110 cm³/mol. The monoisotopic (exact) mass is 447 g/mol. The Morgan fingerprint density at radius 1 is 1.31 bits per heavy atom. The van der Waals surface area contributed by atoms with E-state index in [0.717, 1.165) is 18.6 Å². The lowest BCUT2D eigenvalue weighted by Gasteiger charge is -2.26. The van der Waals surface area contributed by atoms with Crippen LogP contribution in [0.4, 0.5) is 19.4 Å². The normalized spacial score (nSPS) is 16.5. The number of aliphatic hydroxyl groups excluding tert-OH is 2. The molecule has 0 spiro atoms. The summed E-state index contributed by atoms with van der Waals surface area (Å²) in [5.41, 5.74) is -0.741. The molecule has 1 saturated heterocycles. The molecule has 1 amide bonds. The molecule has 1 aliphatic rings. The van der Waals surface area contributed by atoms with Gasteiger partial charge in [0.25, 0.3) is 0 Å². The molecular weight excluding hydrogens is 424 g/mol. The van der Waals surface area contributed by atoms with E-state index in [2.05, 4.69) is 15.4 Å². The number of fused-ring (bicyclic) bond motifs is 1. The minimum Gasteiger partial charge on any atom is -0.405 e. The molecule has 4 rings (SSSR count). The number of hydrogen-bond acceptors (Lipinski definition) is 7. The van der Waals surface area contributed by atoms with E-state index < -0.39 is 36.5 Å². The van der Waals surface area contributed by atoms with Gasteiger partial charge in [0.2, 0.25) is 5.65 Å². The molecular formula is C21H23F2N5O4. The highest BCUT2D eigenvalue weighted by Crippen LogP contribution is 2.37. The number of nitrogens with zero attached hydrogens (tertiary/aromatic N) is 4. The molecule has 170 valence electrons. The topological polar surface area (TPSA) is 112 Å². The number of rotatable bonds is 6. The van der Waals surface area contributed by atoms with E-state index in [1.165, 1.54) is 23.7 Å². The number of aliphatic hydroxyl groups is 2. The average molecular weight is 447 g/mol. The van der Waals surface area contributed by atoms with E-state index in [9.17, 15) is 23.8 Å². The predicted octanol–water partition coefficient (Wildman–Crippen LogP) is 2.18. The van der Waals surface area contributed by atoms with Gasteiger partial charge in [-0.2, -0.15) is 5.10 Å². The molecule has 9 nitrogen and oxygen atoms in total. The van der Waals surface area contributed by atoms with Gasteiger partial charge < -0.3 is 25.2 Å². The van der Waals surface area contributed by atoms with Crippen LogP contribution < -0.4 is 15.0 Å². The van der Waals surface area contributed by atoms with Gasteiger partial charge in [0, 0.05) is 18.3 Å².